The molecule has 1 aliphatic heterocycles. The van der Waals surface area contributed by atoms with Crippen molar-refractivity contribution in [3.8, 4) is 0 Å². The minimum Gasteiger partial charge on any atom is -0.302 e. The molecule has 1 aliphatic rings. The van der Waals surface area contributed by atoms with Crippen LogP contribution in [0.1, 0.15) is 19.3 Å². The van der Waals surface area contributed by atoms with E-state index >= 15 is 0 Å². The molecular weight excluding hydrogens is 190 g/mol. The Balaban J connectivity index is 2.35. The maximum atomic E-state index is 10.6. The van der Waals surface area contributed by atoms with E-state index in [4.69, 9.17) is 5.14 Å². The fourth-order valence-corrected chi connectivity index (χ4v) is 2.04. The van der Waals surface area contributed by atoms with Gasteiger partial charge in [-0.1, -0.05) is 6.42 Å². The van der Waals surface area contributed by atoms with Crippen LogP contribution in [0.15, 0.2) is 0 Å². The zero-order valence-electron chi connectivity index (χ0n) is 7.86. The fraction of sp³-hybridized carbons (Fsp3) is 1.00. The third kappa shape index (κ3) is 4.04. The summed E-state index contributed by atoms with van der Waals surface area (Å²) in [5, 5.41) is 4.84. The summed E-state index contributed by atoms with van der Waals surface area (Å²) in [6, 6.07) is 0.298. The first-order valence-corrected chi connectivity index (χ1v) is 6.01. The van der Waals surface area contributed by atoms with Gasteiger partial charge in [0.05, 0.1) is 0 Å². The van der Waals surface area contributed by atoms with Gasteiger partial charge in [-0.2, -0.15) is 8.42 Å². The molecule has 0 aromatic carbocycles. The highest BCUT2D eigenvalue weighted by Gasteiger charge is 2.19. The second kappa shape index (κ2) is 4.36. The fourth-order valence-electron chi connectivity index (χ4n) is 1.61. The van der Waals surface area contributed by atoms with Gasteiger partial charge in [0.2, 0.25) is 0 Å². The molecule has 0 amide bonds. The standard InChI is InChI=1S/C7H17N3O2S/c1-10-5-3-2-4-7(10)6-9-13(8,11)12/h7,9H,2-6H2,1H3,(H2,8,11,12). The predicted molar refractivity (Wildman–Crippen MR) is 51.4 cm³/mol. The van der Waals surface area contributed by atoms with Gasteiger partial charge in [-0.05, 0) is 26.4 Å². The Morgan fingerprint density at radius 3 is 2.77 bits per heavy atom. The second-order valence-corrected chi connectivity index (χ2v) is 4.90. The van der Waals surface area contributed by atoms with E-state index in [0.29, 0.717) is 12.6 Å². The van der Waals surface area contributed by atoms with Crippen molar-refractivity contribution in [2.45, 2.75) is 25.3 Å². The summed E-state index contributed by atoms with van der Waals surface area (Å²) < 4.78 is 23.6. The van der Waals surface area contributed by atoms with Crippen molar-refractivity contribution in [3.63, 3.8) is 0 Å². The lowest BCUT2D eigenvalue weighted by molar-refractivity contribution is 0.187. The molecule has 0 bridgehead atoms. The Labute approximate surface area is 79.5 Å². The summed E-state index contributed by atoms with van der Waals surface area (Å²) in [7, 11) is -1.52. The molecule has 0 aromatic rings. The maximum absolute atomic E-state index is 10.6. The van der Waals surface area contributed by atoms with Gasteiger partial charge in [-0.25, -0.2) is 9.86 Å². The lowest BCUT2D eigenvalue weighted by atomic mass is 10.0. The van der Waals surface area contributed by atoms with Crippen molar-refractivity contribution in [2.75, 3.05) is 20.1 Å². The SMILES string of the molecule is CN1CCCCC1CNS(N)(=O)=O. The molecule has 1 atom stereocenters. The Morgan fingerprint density at radius 2 is 2.23 bits per heavy atom. The van der Waals surface area contributed by atoms with Gasteiger partial charge in [0, 0.05) is 12.6 Å². The summed E-state index contributed by atoms with van der Waals surface area (Å²) in [4.78, 5) is 2.17. The molecule has 1 saturated heterocycles. The topological polar surface area (TPSA) is 75.4 Å². The zero-order valence-corrected chi connectivity index (χ0v) is 8.68. The van der Waals surface area contributed by atoms with Crippen molar-refractivity contribution < 1.29 is 8.42 Å². The van der Waals surface area contributed by atoms with Crippen LogP contribution in [0.2, 0.25) is 0 Å². The van der Waals surface area contributed by atoms with Crippen LogP contribution in [-0.4, -0.2) is 39.5 Å². The number of hydrogen-bond acceptors (Lipinski definition) is 3. The van der Waals surface area contributed by atoms with Gasteiger partial charge in [0.25, 0.3) is 10.2 Å². The van der Waals surface area contributed by atoms with E-state index in [9.17, 15) is 8.42 Å². The molecule has 1 unspecified atom stereocenters. The van der Waals surface area contributed by atoms with Crippen LogP contribution in [0.25, 0.3) is 0 Å². The number of hydrogen-bond donors (Lipinski definition) is 2. The number of likely N-dealkylation sites (N-methyl/N-ethyl adjacent to an activating group) is 1. The van der Waals surface area contributed by atoms with Gasteiger partial charge in [-0.15, -0.1) is 0 Å². The van der Waals surface area contributed by atoms with Crippen molar-refractivity contribution in [1.29, 1.82) is 0 Å². The van der Waals surface area contributed by atoms with Crippen molar-refractivity contribution in [2.24, 2.45) is 5.14 Å². The van der Waals surface area contributed by atoms with Gasteiger partial charge in [-0.3, -0.25) is 0 Å². The lowest BCUT2D eigenvalue weighted by Gasteiger charge is -2.32. The summed E-state index contributed by atoms with van der Waals surface area (Å²) in [6.07, 6.45) is 3.41. The summed E-state index contributed by atoms with van der Waals surface area (Å²) in [5.74, 6) is 0. The number of nitrogens with zero attached hydrogens (tertiary/aromatic N) is 1. The van der Waals surface area contributed by atoms with Crippen LogP contribution in [-0.2, 0) is 10.2 Å². The van der Waals surface area contributed by atoms with Crippen LogP contribution in [0, 0.1) is 0 Å². The normalized spacial score (nSPS) is 26.2. The van der Waals surface area contributed by atoms with E-state index in [1.54, 1.807) is 0 Å². The average Bonchev–Trinajstić information content (AvgIpc) is 2.01. The van der Waals surface area contributed by atoms with Crippen molar-refractivity contribution in [1.82, 2.24) is 9.62 Å². The smallest absolute Gasteiger partial charge is 0.274 e. The van der Waals surface area contributed by atoms with Crippen LogP contribution < -0.4 is 9.86 Å². The van der Waals surface area contributed by atoms with Gasteiger partial charge >= 0.3 is 0 Å². The van der Waals surface area contributed by atoms with E-state index < -0.39 is 10.2 Å². The van der Waals surface area contributed by atoms with Crippen LogP contribution in [0.4, 0.5) is 0 Å². The molecule has 0 radical (unpaired) electrons. The number of rotatable bonds is 3. The number of piperidine rings is 1. The zero-order chi connectivity index (χ0) is 9.90. The predicted octanol–water partition coefficient (Wildman–Crippen LogP) is -0.736. The molecule has 0 aliphatic carbocycles. The molecule has 3 N–H and O–H groups in total. The molecule has 1 rings (SSSR count). The molecule has 0 spiro atoms. The molecule has 5 nitrogen and oxygen atoms in total. The third-order valence-electron chi connectivity index (χ3n) is 2.44. The highest BCUT2D eigenvalue weighted by molar-refractivity contribution is 7.87. The van der Waals surface area contributed by atoms with Crippen LogP contribution >= 0.6 is 0 Å². The minimum atomic E-state index is -3.52. The summed E-state index contributed by atoms with van der Waals surface area (Å²) in [5.41, 5.74) is 0. The number of likely N-dealkylation sites (tertiary alicyclic amines) is 1. The Hall–Kier alpha value is -0.170. The van der Waals surface area contributed by atoms with Crippen molar-refractivity contribution >= 4 is 10.2 Å². The monoisotopic (exact) mass is 207 g/mol. The first-order chi connectivity index (χ1) is 5.99. The van der Waals surface area contributed by atoms with Gasteiger partial charge < -0.3 is 4.90 Å². The number of nitrogens with one attached hydrogen (secondary N) is 1. The first-order valence-electron chi connectivity index (χ1n) is 4.46. The second-order valence-electron chi connectivity index (χ2n) is 3.52. The molecule has 13 heavy (non-hydrogen) atoms. The molecule has 0 aromatic heterocycles. The Bertz CT molecular complexity index is 252. The van der Waals surface area contributed by atoms with E-state index in [2.05, 4.69) is 9.62 Å². The maximum Gasteiger partial charge on any atom is 0.274 e. The van der Waals surface area contributed by atoms with Crippen LogP contribution in [0.5, 0.6) is 0 Å². The van der Waals surface area contributed by atoms with Crippen molar-refractivity contribution in [3.05, 3.63) is 0 Å². The lowest BCUT2D eigenvalue weighted by Crippen LogP contribution is -2.45. The van der Waals surface area contributed by atoms with E-state index in [0.717, 1.165) is 13.0 Å². The quantitative estimate of drug-likeness (QED) is 0.640. The first kappa shape index (κ1) is 10.9. The Morgan fingerprint density at radius 1 is 1.54 bits per heavy atom. The summed E-state index contributed by atoms with van der Waals surface area (Å²) >= 11 is 0. The van der Waals surface area contributed by atoms with E-state index in [-0.39, 0.29) is 0 Å². The molecule has 1 fully saturated rings. The Kier molecular flexibility index (Phi) is 3.66. The summed E-state index contributed by atoms with van der Waals surface area (Å²) in [6.45, 7) is 1.46. The van der Waals surface area contributed by atoms with Crippen LogP contribution in [0.3, 0.4) is 0 Å². The molecule has 78 valence electrons. The molecule has 0 saturated carbocycles. The van der Waals surface area contributed by atoms with Gasteiger partial charge in [0.1, 0.15) is 0 Å². The highest BCUT2D eigenvalue weighted by atomic mass is 32.2. The van der Waals surface area contributed by atoms with E-state index in [1.807, 2.05) is 7.05 Å². The highest BCUT2D eigenvalue weighted by Crippen LogP contribution is 2.13. The minimum absolute atomic E-state index is 0.298. The number of nitrogens with two attached hydrogens (primary N) is 1. The molecule has 6 heteroatoms. The van der Waals surface area contributed by atoms with E-state index in [1.165, 1.54) is 12.8 Å². The van der Waals surface area contributed by atoms with Gasteiger partial charge in [0.15, 0.2) is 0 Å². The molecular formula is C7H17N3O2S. The molecule has 1 heterocycles. The third-order valence-corrected chi connectivity index (χ3v) is 3.01. The largest absolute Gasteiger partial charge is 0.302 e. The average molecular weight is 207 g/mol.